The van der Waals surface area contributed by atoms with Gasteiger partial charge in [-0.05, 0) is 12.5 Å². The lowest BCUT2D eigenvalue weighted by Gasteiger charge is -1.99. The summed E-state index contributed by atoms with van der Waals surface area (Å²) in [5, 5.41) is 4.27. The fourth-order valence-corrected chi connectivity index (χ4v) is 1.32. The van der Waals surface area contributed by atoms with Crippen LogP contribution in [0.1, 0.15) is 18.3 Å². The second-order valence-electron chi connectivity index (χ2n) is 3.25. The van der Waals surface area contributed by atoms with Crippen molar-refractivity contribution in [1.82, 2.24) is 9.78 Å². The van der Waals surface area contributed by atoms with Crippen LogP contribution in [0.4, 0.5) is 0 Å². The van der Waals surface area contributed by atoms with Crippen LogP contribution in [0.25, 0.3) is 0 Å². The molecule has 0 atom stereocenters. The largest absolute Gasteiger partial charge is 0.377 e. The van der Waals surface area contributed by atoms with Crippen molar-refractivity contribution in [2.45, 2.75) is 19.8 Å². The summed E-state index contributed by atoms with van der Waals surface area (Å²) < 4.78 is 6.53. The Morgan fingerprint density at radius 1 is 1.64 bits per heavy atom. The van der Waals surface area contributed by atoms with Gasteiger partial charge in [0.25, 0.3) is 0 Å². The van der Waals surface area contributed by atoms with Crippen LogP contribution in [-0.4, -0.2) is 29.3 Å². The summed E-state index contributed by atoms with van der Waals surface area (Å²) >= 11 is 0. The summed E-state index contributed by atoms with van der Waals surface area (Å²) in [7, 11) is 3.38. The van der Waals surface area contributed by atoms with Crippen molar-refractivity contribution in [1.29, 1.82) is 0 Å². The Balaban J connectivity index is 2.66. The highest BCUT2D eigenvalue weighted by atomic mass is 16.5. The Labute approximate surface area is 83.9 Å². The second-order valence-corrected chi connectivity index (χ2v) is 3.25. The molecule has 1 heterocycles. The quantitative estimate of drug-likeness (QED) is 0.697. The van der Waals surface area contributed by atoms with Gasteiger partial charge < -0.3 is 4.74 Å². The van der Waals surface area contributed by atoms with Crippen LogP contribution in [0, 0.1) is 0 Å². The normalized spacial score (nSPS) is 10.5. The predicted octanol–water partition coefficient (Wildman–Crippen LogP) is 0.740. The maximum absolute atomic E-state index is 11.3. The SMILES string of the molecule is CCc1cc(CC(=O)COC)n(C)n1. The number of rotatable bonds is 5. The lowest BCUT2D eigenvalue weighted by Crippen LogP contribution is -2.12. The first kappa shape index (κ1) is 10.9. The van der Waals surface area contributed by atoms with E-state index in [-0.39, 0.29) is 12.4 Å². The van der Waals surface area contributed by atoms with Crippen molar-refractivity contribution >= 4 is 5.78 Å². The van der Waals surface area contributed by atoms with Gasteiger partial charge in [-0.25, -0.2) is 0 Å². The molecule has 4 heteroatoms. The van der Waals surface area contributed by atoms with Crippen molar-refractivity contribution in [3.05, 3.63) is 17.5 Å². The van der Waals surface area contributed by atoms with E-state index in [0.717, 1.165) is 17.8 Å². The molecule has 0 unspecified atom stereocenters. The van der Waals surface area contributed by atoms with Crippen LogP contribution in [0.5, 0.6) is 0 Å². The summed E-state index contributed by atoms with van der Waals surface area (Å²) in [6, 6.07) is 1.97. The maximum atomic E-state index is 11.3. The zero-order chi connectivity index (χ0) is 10.6. The minimum Gasteiger partial charge on any atom is -0.377 e. The molecule has 0 fully saturated rings. The Morgan fingerprint density at radius 2 is 2.36 bits per heavy atom. The average molecular weight is 196 g/mol. The molecule has 0 saturated carbocycles. The smallest absolute Gasteiger partial charge is 0.164 e. The highest BCUT2D eigenvalue weighted by Crippen LogP contribution is 2.05. The number of hydrogen-bond donors (Lipinski definition) is 0. The number of aryl methyl sites for hydroxylation is 2. The first-order valence-electron chi connectivity index (χ1n) is 4.69. The molecule has 78 valence electrons. The minimum absolute atomic E-state index is 0.0816. The van der Waals surface area contributed by atoms with Gasteiger partial charge in [-0.2, -0.15) is 5.10 Å². The van der Waals surface area contributed by atoms with Crippen LogP contribution in [0.3, 0.4) is 0 Å². The van der Waals surface area contributed by atoms with Crippen LogP contribution in [0.2, 0.25) is 0 Å². The highest BCUT2D eigenvalue weighted by molar-refractivity contribution is 5.81. The lowest BCUT2D eigenvalue weighted by atomic mass is 10.2. The van der Waals surface area contributed by atoms with Gasteiger partial charge in [-0.3, -0.25) is 9.48 Å². The van der Waals surface area contributed by atoms with E-state index < -0.39 is 0 Å². The molecule has 0 spiro atoms. The standard InChI is InChI=1S/C10H16N2O2/c1-4-8-5-9(12(2)11-8)6-10(13)7-14-3/h5H,4,6-7H2,1-3H3. The van der Waals surface area contributed by atoms with E-state index in [0.29, 0.717) is 6.42 Å². The van der Waals surface area contributed by atoms with E-state index in [1.807, 2.05) is 20.0 Å². The molecule has 0 bridgehead atoms. The molecule has 0 amide bonds. The van der Waals surface area contributed by atoms with E-state index >= 15 is 0 Å². The zero-order valence-electron chi connectivity index (χ0n) is 8.91. The van der Waals surface area contributed by atoms with Crippen LogP contribution in [-0.2, 0) is 29.4 Å². The molecule has 0 N–H and O–H groups in total. The number of carbonyl (C=O) groups excluding carboxylic acids is 1. The molecule has 0 saturated heterocycles. The third-order valence-electron chi connectivity index (χ3n) is 2.07. The Kier molecular flexibility index (Phi) is 3.83. The summed E-state index contributed by atoms with van der Waals surface area (Å²) in [4.78, 5) is 11.3. The number of methoxy groups -OCH3 is 1. The van der Waals surface area contributed by atoms with Crippen LogP contribution in [0.15, 0.2) is 6.07 Å². The third kappa shape index (κ3) is 2.67. The monoisotopic (exact) mass is 196 g/mol. The summed E-state index contributed by atoms with van der Waals surface area (Å²) in [5.41, 5.74) is 1.97. The van der Waals surface area contributed by atoms with Crippen molar-refractivity contribution in [2.75, 3.05) is 13.7 Å². The lowest BCUT2D eigenvalue weighted by molar-refractivity contribution is -0.122. The Morgan fingerprint density at radius 3 is 2.86 bits per heavy atom. The zero-order valence-corrected chi connectivity index (χ0v) is 8.91. The fourth-order valence-electron chi connectivity index (χ4n) is 1.32. The van der Waals surface area contributed by atoms with Crippen molar-refractivity contribution < 1.29 is 9.53 Å². The van der Waals surface area contributed by atoms with Gasteiger partial charge in [-0.15, -0.1) is 0 Å². The average Bonchev–Trinajstić information content (AvgIpc) is 2.48. The van der Waals surface area contributed by atoms with Gasteiger partial charge in [0.05, 0.1) is 12.1 Å². The molecular weight excluding hydrogens is 180 g/mol. The molecule has 4 nitrogen and oxygen atoms in total. The highest BCUT2D eigenvalue weighted by Gasteiger charge is 2.08. The van der Waals surface area contributed by atoms with Gasteiger partial charge in [0.15, 0.2) is 5.78 Å². The molecule has 1 aromatic heterocycles. The predicted molar refractivity (Wildman–Crippen MR) is 53.2 cm³/mol. The van der Waals surface area contributed by atoms with Gasteiger partial charge in [0, 0.05) is 19.9 Å². The minimum atomic E-state index is 0.0816. The molecule has 0 aromatic carbocycles. The summed E-state index contributed by atoms with van der Waals surface area (Å²) in [6.45, 7) is 2.22. The van der Waals surface area contributed by atoms with Gasteiger partial charge in [0.1, 0.15) is 6.61 Å². The van der Waals surface area contributed by atoms with E-state index in [1.165, 1.54) is 7.11 Å². The molecule has 0 radical (unpaired) electrons. The molecule has 1 rings (SSSR count). The third-order valence-corrected chi connectivity index (χ3v) is 2.07. The first-order chi connectivity index (χ1) is 6.67. The van der Waals surface area contributed by atoms with E-state index in [9.17, 15) is 4.79 Å². The molecule has 1 aromatic rings. The Bertz CT molecular complexity index is 318. The molecular formula is C10H16N2O2. The number of Topliss-reactive ketones (excluding diaryl/α,β-unsaturated/α-hetero) is 1. The summed E-state index contributed by atoms with van der Waals surface area (Å²) in [5.74, 6) is 0.0816. The summed E-state index contributed by atoms with van der Waals surface area (Å²) in [6.07, 6.45) is 1.30. The van der Waals surface area contributed by atoms with Crippen molar-refractivity contribution in [3.8, 4) is 0 Å². The van der Waals surface area contributed by atoms with Gasteiger partial charge in [0.2, 0.25) is 0 Å². The van der Waals surface area contributed by atoms with E-state index in [1.54, 1.807) is 4.68 Å². The molecule has 0 aliphatic carbocycles. The molecule has 14 heavy (non-hydrogen) atoms. The number of aromatic nitrogens is 2. The topological polar surface area (TPSA) is 44.1 Å². The Hall–Kier alpha value is -1.16. The molecule has 0 aliphatic heterocycles. The van der Waals surface area contributed by atoms with Gasteiger partial charge >= 0.3 is 0 Å². The second kappa shape index (κ2) is 4.91. The van der Waals surface area contributed by atoms with E-state index in [2.05, 4.69) is 5.10 Å². The number of ketones is 1. The van der Waals surface area contributed by atoms with Crippen molar-refractivity contribution in [3.63, 3.8) is 0 Å². The maximum Gasteiger partial charge on any atom is 0.164 e. The number of carbonyl (C=O) groups is 1. The van der Waals surface area contributed by atoms with Crippen molar-refractivity contribution in [2.24, 2.45) is 7.05 Å². The fraction of sp³-hybridized carbons (Fsp3) is 0.600. The van der Waals surface area contributed by atoms with Gasteiger partial charge in [-0.1, -0.05) is 6.92 Å². The molecule has 0 aliphatic rings. The first-order valence-corrected chi connectivity index (χ1v) is 4.69. The van der Waals surface area contributed by atoms with Crippen LogP contribution < -0.4 is 0 Å². The number of ether oxygens (including phenoxy) is 1. The van der Waals surface area contributed by atoms with Crippen LogP contribution >= 0.6 is 0 Å². The number of nitrogens with zero attached hydrogens (tertiary/aromatic N) is 2. The number of hydrogen-bond acceptors (Lipinski definition) is 3. The van der Waals surface area contributed by atoms with E-state index in [4.69, 9.17) is 4.74 Å².